The fraction of sp³-hybridized carbons (Fsp3) is 0.200. The van der Waals surface area contributed by atoms with Crippen LogP contribution in [0, 0.1) is 0 Å². The van der Waals surface area contributed by atoms with Crippen molar-refractivity contribution >= 4 is 22.4 Å². The lowest BCUT2D eigenvalue weighted by Crippen LogP contribution is -2.12. The molecule has 26 heavy (non-hydrogen) atoms. The number of rotatable bonds is 8. The lowest BCUT2D eigenvalue weighted by atomic mass is 10.2. The van der Waals surface area contributed by atoms with Crippen LogP contribution in [0.15, 0.2) is 60.0 Å². The summed E-state index contributed by atoms with van der Waals surface area (Å²) in [4.78, 5) is 16.5. The normalized spacial score (nSPS) is 10.3. The van der Waals surface area contributed by atoms with Gasteiger partial charge in [-0.25, -0.2) is 4.98 Å². The number of carbonyl (C=O) groups is 1. The van der Waals surface area contributed by atoms with Gasteiger partial charge in [0.05, 0.1) is 19.4 Å². The molecule has 0 saturated heterocycles. The molecule has 1 heterocycles. The van der Waals surface area contributed by atoms with E-state index >= 15 is 0 Å². The maximum absolute atomic E-state index is 12.0. The molecule has 1 N–H and O–H groups in total. The molecular weight excluding hydrogens is 348 g/mol. The van der Waals surface area contributed by atoms with Crippen LogP contribution >= 0.6 is 11.3 Å². The first-order valence-electron chi connectivity index (χ1n) is 8.32. The lowest BCUT2D eigenvalue weighted by Gasteiger charge is -2.07. The molecule has 5 nitrogen and oxygen atoms in total. The summed E-state index contributed by atoms with van der Waals surface area (Å²) in [7, 11) is 1.62. The van der Waals surface area contributed by atoms with E-state index in [2.05, 4.69) is 10.3 Å². The van der Waals surface area contributed by atoms with Gasteiger partial charge in [0.1, 0.15) is 11.5 Å². The van der Waals surface area contributed by atoms with Crippen LogP contribution < -0.4 is 14.8 Å². The van der Waals surface area contributed by atoms with Crippen LogP contribution in [0.2, 0.25) is 0 Å². The number of thiazole rings is 1. The van der Waals surface area contributed by atoms with E-state index < -0.39 is 0 Å². The van der Waals surface area contributed by atoms with Crippen LogP contribution in [0.4, 0.5) is 5.13 Å². The van der Waals surface area contributed by atoms with Gasteiger partial charge in [-0.15, -0.1) is 11.3 Å². The number of anilines is 1. The average Bonchev–Trinajstić information content (AvgIpc) is 3.15. The number of nitrogens with zero attached hydrogens (tertiary/aromatic N) is 1. The van der Waals surface area contributed by atoms with Crippen molar-refractivity contribution in [2.45, 2.75) is 12.8 Å². The molecule has 0 bridgehead atoms. The first kappa shape index (κ1) is 17.9. The van der Waals surface area contributed by atoms with Gasteiger partial charge in [-0.3, -0.25) is 4.79 Å². The minimum absolute atomic E-state index is 0.0581. The fourth-order valence-corrected chi connectivity index (χ4v) is 3.08. The highest BCUT2D eigenvalue weighted by atomic mass is 32.1. The van der Waals surface area contributed by atoms with Gasteiger partial charge in [-0.05, 0) is 30.7 Å². The molecule has 1 aromatic heterocycles. The van der Waals surface area contributed by atoms with E-state index in [0.29, 0.717) is 24.6 Å². The number of carbonyl (C=O) groups excluding carboxylic acids is 1. The summed E-state index contributed by atoms with van der Waals surface area (Å²) in [6.45, 7) is 0.479. The van der Waals surface area contributed by atoms with Crippen molar-refractivity contribution in [3.63, 3.8) is 0 Å². The number of methoxy groups -OCH3 is 1. The van der Waals surface area contributed by atoms with Crippen LogP contribution in [-0.4, -0.2) is 24.6 Å². The van der Waals surface area contributed by atoms with Gasteiger partial charge in [0, 0.05) is 17.4 Å². The fourth-order valence-electron chi connectivity index (χ4n) is 2.35. The Bertz CT molecular complexity index is 832. The van der Waals surface area contributed by atoms with E-state index in [1.807, 2.05) is 60.0 Å². The van der Waals surface area contributed by atoms with Gasteiger partial charge in [0.25, 0.3) is 0 Å². The standard InChI is InChI=1S/C20H20N2O3S/c1-24-16-9-11-17(12-10-16)25-13-5-8-19(23)22-20-21-18(14-26-20)15-6-3-2-4-7-15/h2-4,6-7,9-12,14H,5,8,13H2,1H3,(H,21,22,23). The highest BCUT2D eigenvalue weighted by Gasteiger charge is 2.08. The third kappa shape index (κ3) is 5.07. The number of hydrogen-bond acceptors (Lipinski definition) is 5. The molecule has 6 heteroatoms. The molecular formula is C20H20N2O3S. The largest absolute Gasteiger partial charge is 0.497 e. The van der Waals surface area contributed by atoms with E-state index in [0.717, 1.165) is 22.8 Å². The highest BCUT2D eigenvalue weighted by molar-refractivity contribution is 7.14. The summed E-state index contributed by atoms with van der Waals surface area (Å²) in [5.74, 6) is 1.49. The Hall–Kier alpha value is -2.86. The second-order valence-corrected chi connectivity index (χ2v) is 6.44. The van der Waals surface area contributed by atoms with E-state index in [9.17, 15) is 4.79 Å². The SMILES string of the molecule is COc1ccc(OCCCC(=O)Nc2nc(-c3ccccc3)cs2)cc1. The maximum atomic E-state index is 12.0. The van der Waals surface area contributed by atoms with Crippen molar-refractivity contribution in [3.8, 4) is 22.8 Å². The molecule has 0 aliphatic rings. The van der Waals surface area contributed by atoms with Crippen molar-refractivity contribution in [2.24, 2.45) is 0 Å². The Morgan fingerprint density at radius 2 is 1.81 bits per heavy atom. The number of benzene rings is 2. The molecule has 0 fully saturated rings. The topological polar surface area (TPSA) is 60.5 Å². The van der Waals surface area contributed by atoms with Crippen molar-refractivity contribution in [1.82, 2.24) is 4.98 Å². The third-order valence-corrected chi connectivity index (χ3v) is 4.45. The lowest BCUT2D eigenvalue weighted by molar-refractivity contribution is -0.116. The number of aromatic nitrogens is 1. The van der Waals surface area contributed by atoms with Crippen molar-refractivity contribution in [1.29, 1.82) is 0 Å². The van der Waals surface area contributed by atoms with Crippen LogP contribution in [-0.2, 0) is 4.79 Å². The first-order chi connectivity index (χ1) is 12.7. The van der Waals surface area contributed by atoms with Gasteiger partial charge >= 0.3 is 0 Å². The first-order valence-corrected chi connectivity index (χ1v) is 9.20. The molecule has 0 spiro atoms. The summed E-state index contributed by atoms with van der Waals surface area (Å²) >= 11 is 1.43. The van der Waals surface area contributed by atoms with Crippen molar-refractivity contribution in [3.05, 3.63) is 60.0 Å². The Morgan fingerprint density at radius 1 is 1.08 bits per heavy atom. The van der Waals surface area contributed by atoms with Crippen LogP contribution in [0.1, 0.15) is 12.8 Å². The average molecular weight is 368 g/mol. The summed E-state index contributed by atoms with van der Waals surface area (Å²) < 4.78 is 10.7. The Kier molecular flexibility index (Phi) is 6.22. The third-order valence-electron chi connectivity index (χ3n) is 3.70. The summed E-state index contributed by atoms with van der Waals surface area (Å²) in [5, 5.41) is 5.40. The van der Waals surface area contributed by atoms with Crippen LogP contribution in [0.25, 0.3) is 11.3 Å². The number of hydrogen-bond donors (Lipinski definition) is 1. The monoisotopic (exact) mass is 368 g/mol. The van der Waals surface area contributed by atoms with Gasteiger partial charge in [0.2, 0.25) is 5.91 Å². The van der Waals surface area contributed by atoms with Crippen molar-refractivity contribution in [2.75, 3.05) is 19.0 Å². The summed E-state index contributed by atoms with van der Waals surface area (Å²) in [5.41, 5.74) is 1.91. The second-order valence-electron chi connectivity index (χ2n) is 5.58. The smallest absolute Gasteiger partial charge is 0.226 e. The van der Waals surface area contributed by atoms with Gasteiger partial charge in [-0.2, -0.15) is 0 Å². The minimum atomic E-state index is -0.0581. The molecule has 0 aliphatic carbocycles. The molecule has 3 aromatic rings. The quantitative estimate of drug-likeness (QED) is 0.590. The summed E-state index contributed by atoms with van der Waals surface area (Å²) in [6.07, 6.45) is 1.02. The predicted octanol–water partition coefficient (Wildman–Crippen LogP) is 4.62. The van der Waals surface area contributed by atoms with Crippen LogP contribution in [0.5, 0.6) is 11.5 Å². The van der Waals surface area contributed by atoms with E-state index in [1.165, 1.54) is 11.3 Å². The Balaban J connectivity index is 1.41. The van der Waals surface area contributed by atoms with Crippen molar-refractivity contribution < 1.29 is 14.3 Å². The molecule has 2 aromatic carbocycles. The molecule has 1 amide bonds. The number of ether oxygens (including phenoxy) is 2. The predicted molar refractivity (Wildman–Crippen MR) is 104 cm³/mol. The van der Waals surface area contributed by atoms with Gasteiger partial charge in [0.15, 0.2) is 5.13 Å². The minimum Gasteiger partial charge on any atom is -0.497 e. The zero-order chi connectivity index (χ0) is 18.2. The highest BCUT2D eigenvalue weighted by Crippen LogP contribution is 2.24. The van der Waals surface area contributed by atoms with Gasteiger partial charge < -0.3 is 14.8 Å². The number of amides is 1. The zero-order valence-corrected chi connectivity index (χ0v) is 15.3. The van der Waals surface area contributed by atoms with E-state index in [1.54, 1.807) is 7.11 Å². The molecule has 0 aliphatic heterocycles. The number of nitrogens with one attached hydrogen (secondary N) is 1. The molecule has 0 atom stereocenters. The Labute approximate surface area is 156 Å². The molecule has 134 valence electrons. The maximum Gasteiger partial charge on any atom is 0.226 e. The summed E-state index contributed by atoms with van der Waals surface area (Å²) in [6, 6.07) is 17.3. The van der Waals surface area contributed by atoms with E-state index in [-0.39, 0.29) is 5.91 Å². The van der Waals surface area contributed by atoms with Gasteiger partial charge in [-0.1, -0.05) is 30.3 Å². The zero-order valence-electron chi connectivity index (χ0n) is 14.5. The molecule has 0 radical (unpaired) electrons. The molecule has 3 rings (SSSR count). The Morgan fingerprint density at radius 3 is 2.54 bits per heavy atom. The second kappa shape index (κ2) is 9.01. The van der Waals surface area contributed by atoms with E-state index in [4.69, 9.17) is 9.47 Å². The van der Waals surface area contributed by atoms with Crippen LogP contribution in [0.3, 0.4) is 0 Å². The molecule has 0 unspecified atom stereocenters. The molecule has 0 saturated carbocycles.